The van der Waals surface area contributed by atoms with Crippen LogP contribution in [0.25, 0.3) is 0 Å². The minimum absolute atomic E-state index is 0.00949. The molecule has 2 unspecified atom stereocenters. The van der Waals surface area contributed by atoms with Gasteiger partial charge < -0.3 is 10.6 Å². The summed E-state index contributed by atoms with van der Waals surface area (Å²) in [6.45, 7) is 0.650. The SMILES string of the molecule is CN(C(=O)c1ccnnc1)C1CCCCC1CN. The van der Waals surface area contributed by atoms with Gasteiger partial charge in [0, 0.05) is 13.1 Å². The second kappa shape index (κ2) is 5.91. The molecule has 2 atom stereocenters. The van der Waals surface area contributed by atoms with Crippen molar-refractivity contribution in [1.29, 1.82) is 0 Å². The molecule has 1 aromatic rings. The third-order valence-electron chi connectivity index (χ3n) is 3.82. The van der Waals surface area contributed by atoms with E-state index >= 15 is 0 Å². The van der Waals surface area contributed by atoms with Crippen LogP contribution in [-0.2, 0) is 0 Å². The molecule has 2 N–H and O–H groups in total. The van der Waals surface area contributed by atoms with E-state index < -0.39 is 0 Å². The Morgan fingerprint density at radius 1 is 1.44 bits per heavy atom. The molecule has 18 heavy (non-hydrogen) atoms. The maximum absolute atomic E-state index is 12.3. The van der Waals surface area contributed by atoms with Crippen molar-refractivity contribution in [3.05, 3.63) is 24.0 Å². The fourth-order valence-electron chi connectivity index (χ4n) is 2.74. The average molecular weight is 248 g/mol. The van der Waals surface area contributed by atoms with Crippen molar-refractivity contribution >= 4 is 5.91 Å². The predicted molar refractivity (Wildman–Crippen MR) is 68.9 cm³/mol. The summed E-state index contributed by atoms with van der Waals surface area (Å²) >= 11 is 0. The molecule has 1 heterocycles. The van der Waals surface area contributed by atoms with Gasteiger partial charge in [0.2, 0.25) is 0 Å². The van der Waals surface area contributed by atoms with E-state index in [9.17, 15) is 4.79 Å². The smallest absolute Gasteiger partial charge is 0.255 e. The molecule has 5 heteroatoms. The molecule has 0 spiro atoms. The summed E-state index contributed by atoms with van der Waals surface area (Å²) in [5.74, 6) is 0.428. The van der Waals surface area contributed by atoms with E-state index in [0.717, 1.165) is 12.8 Å². The lowest BCUT2D eigenvalue weighted by molar-refractivity contribution is 0.0619. The minimum Gasteiger partial charge on any atom is -0.338 e. The van der Waals surface area contributed by atoms with Crippen LogP contribution in [0.3, 0.4) is 0 Å². The maximum atomic E-state index is 12.3. The van der Waals surface area contributed by atoms with E-state index in [0.29, 0.717) is 18.0 Å². The van der Waals surface area contributed by atoms with E-state index in [1.165, 1.54) is 19.0 Å². The number of aromatic nitrogens is 2. The lowest BCUT2D eigenvalue weighted by atomic mass is 9.83. The standard InChI is InChI=1S/C13H20N4O/c1-17(12-5-3-2-4-10(12)8-14)13(18)11-6-7-15-16-9-11/h6-7,9-10,12H,2-5,8,14H2,1H3. The third kappa shape index (κ3) is 2.67. The number of hydrogen-bond acceptors (Lipinski definition) is 4. The van der Waals surface area contributed by atoms with Crippen molar-refractivity contribution in [2.75, 3.05) is 13.6 Å². The van der Waals surface area contributed by atoms with Crippen LogP contribution < -0.4 is 5.73 Å². The van der Waals surface area contributed by atoms with E-state index in [2.05, 4.69) is 10.2 Å². The highest BCUT2D eigenvalue weighted by molar-refractivity contribution is 5.93. The van der Waals surface area contributed by atoms with Gasteiger partial charge >= 0.3 is 0 Å². The molecule has 0 aliphatic heterocycles. The Bertz CT molecular complexity index is 395. The fourth-order valence-corrected chi connectivity index (χ4v) is 2.74. The third-order valence-corrected chi connectivity index (χ3v) is 3.82. The van der Waals surface area contributed by atoms with Crippen LogP contribution in [0.2, 0.25) is 0 Å². The highest BCUT2D eigenvalue weighted by Gasteiger charge is 2.30. The number of rotatable bonds is 3. The Labute approximate surface area is 107 Å². The van der Waals surface area contributed by atoms with E-state index in [1.54, 1.807) is 12.3 Å². The fraction of sp³-hybridized carbons (Fsp3) is 0.615. The molecule has 1 aromatic heterocycles. The van der Waals surface area contributed by atoms with Gasteiger partial charge in [-0.1, -0.05) is 12.8 Å². The van der Waals surface area contributed by atoms with Gasteiger partial charge in [0.15, 0.2) is 0 Å². The summed E-state index contributed by atoms with van der Waals surface area (Å²) in [4.78, 5) is 14.1. The Hall–Kier alpha value is -1.49. The topological polar surface area (TPSA) is 72.1 Å². The van der Waals surface area contributed by atoms with Gasteiger partial charge in [-0.2, -0.15) is 10.2 Å². The number of nitrogens with two attached hydrogens (primary N) is 1. The normalized spacial score (nSPS) is 23.7. The molecular formula is C13H20N4O. The van der Waals surface area contributed by atoms with E-state index in [4.69, 9.17) is 5.73 Å². The van der Waals surface area contributed by atoms with Crippen LogP contribution in [0.1, 0.15) is 36.0 Å². The quantitative estimate of drug-likeness (QED) is 0.868. The Balaban J connectivity index is 2.10. The lowest BCUT2D eigenvalue weighted by Gasteiger charge is -2.37. The molecule has 0 bridgehead atoms. The van der Waals surface area contributed by atoms with Gasteiger partial charge in [-0.15, -0.1) is 0 Å². The molecule has 0 aromatic carbocycles. The first-order valence-electron chi connectivity index (χ1n) is 6.48. The van der Waals surface area contributed by atoms with Crippen LogP contribution in [-0.4, -0.2) is 40.6 Å². The summed E-state index contributed by atoms with van der Waals surface area (Å²) in [5.41, 5.74) is 6.40. The van der Waals surface area contributed by atoms with Gasteiger partial charge in [0.05, 0.1) is 18.0 Å². The Morgan fingerprint density at radius 2 is 2.22 bits per heavy atom. The lowest BCUT2D eigenvalue weighted by Crippen LogP contribution is -2.45. The molecule has 2 rings (SSSR count). The molecule has 0 saturated heterocycles. The molecule has 1 amide bonds. The summed E-state index contributed by atoms with van der Waals surface area (Å²) in [5, 5.41) is 7.44. The molecule has 5 nitrogen and oxygen atoms in total. The highest BCUT2D eigenvalue weighted by atomic mass is 16.2. The van der Waals surface area contributed by atoms with Gasteiger partial charge in [0.25, 0.3) is 5.91 Å². The van der Waals surface area contributed by atoms with Crippen LogP contribution in [0.5, 0.6) is 0 Å². The van der Waals surface area contributed by atoms with Gasteiger partial charge in [-0.3, -0.25) is 4.79 Å². The first-order valence-corrected chi connectivity index (χ1v) is 6.48. The van der Waals surface area contributed by atoms with Crippen molar-refractivity contribution in [3.8, 4) is 0 Å². The van der Waals surface area contributed by atoms with Crippen LogP contribution in [0.15, 0.2) is 18.5 Å². The van der Waals surface area contributed by atoms with Crippen LogP contribution >= 0.6 is 0 Å². The van der Waals surface area contributed by atoms with Crippen molar-refractivity contribution in [2.45, 2.75) is 31.7 Å². The summed E-state index contributed by atoms with van der Waals surface area (Å²) in [7, 11) is 1.86. The predicted octanol–water partition coefficient (Wildman–Crippen LogP) is 1.07. The zero-order chi connectivity index (χ0) is 13.0. The molecule has 1 aliphatic carbocycles. The first kappa shape index (κ1) is 13.0. The zero-order valence-electron chi connectivity index (χ0n) is 10.7. The van der Waals surface area contributed by atoms with E-state index in [1.807, 2.05) is 11.9 Å². The number of carbonyl (C=O) groups is 1. The molecule has 1 saturated carbocycles. The maximum Gasteiger partial charge on any atom is 0.255 e. The highest BCUT2D eigenvalue weighted by Crippen LogP contribution is 2.27. The molecule has 98 valence electrons. The van der Waals surface area contributed by atoms with E-state index in [-0.39, 0.29) is 11.9 Å². The average Bonchev–Trinajstić information content (AvgIpc) is 2.46. The zero-order valence-corrected chi connectivity index (χ0v) is 10.7. The number of nitrogens with zero attached hydrogens (tertiary/aromatic N) is 3. The minimum atomic E-state index is 0.00949. The monoisotopic (exact) mass is 248 g/mol. The first-order chi connectivity index (χ1) is 8.74. The molecule has 1 fully saturated rings. The van der Waals surface area contributed by atoms with Gasteiger partial charge in [-0.25, -0.2) is 0 Å². The number of hydrogen-bond donors (Lipinski definition) is 1. The number of amides is 1. The Morgan fingerprint density at radius 3 is 2.89 bits per heavy atom. The van der Waals surface area contributed by atoms with Gasteiger partial charge in [-0.05, 0) is 31.4 Å². The molecule has 1 aliphatic rings. The molecule has 0 radical (unpaired) electrons. The molecular weight excluding hydrogens is 228 g/mol. The largest absolute Gasteiger partial charge is 0.338 e. The van der Waals surface area contributed by atoms with Crippen LogP contribution in [0.4, 0.5) is 0 Å². The second-order valence-corrected chi connectivity index (χ2v) is 4.89. The number of carbonyl (C=O) groups excluding carboxylic acids is 1. The van der Waals surface area contributed by atoms with Crippen molar-refractivity contribution in [2.24, 2.45) is 11.7 Å². The Kier molecular flexibility index (Phi) is 4.25. The second-order valence-electron chi connectivity index (χ2n) is 4.89. The van der Waals surface area contributed by atoms with Gasteiger partial charge in [0.1, 0.15) is 0 Å². The summed E-state index contributed by atoms with van der Waals surface area (Å²) in [6.07, 6.45) is 7.61. The summed E-state index contributed by atoms with van der Waals surface area (Å²) < 4.78 is 0. The summed E-state index contributed by atoms with van der Waals surface area (Å²) in [6, 6.07) is 1.95. The van der Waals surface area contributed by atoms with Crippen molar-refractivity contribution < 1.29 is 4.79 Å². The van der Waals surface area contributed by atoms with Crippen molar-refractivity contribution in [1.82, 2.24) is 15.1 Å². The van der Waals surface area contributed by atoms with Crippen molar-refractivity contribution in [3.63, 3.8) is 0 Å². The van der Waals surface area contributed by atoms with Crippen LogP contribution in [0, 0.1) is 5.92 Å².